The van der Waals surface area contributed by atoms with Gasteiger partial charge in [0.2, 0.25) is 5.91 Å². The van der Waals surface area contributed by atoms with Crippen LogP contribution < -0.4 is 20.7 Å². The van der Waals surface area contributed by atoms with Gasteiger partial charge in [-0.3, -0.25) is 14.4 Å². The van der Waals surface area contributed by atoms with E-state index in [4.69, 9.17) is 27.9 Å². The summed E-state index contributed by atoms with van der Waals surface area (Å²) >= 11 is 13.4. The van der Waals surface area contributed by atoms with Crippen molar-refractivity contribution in [1.82, 2.24) is 5.32 Å². The first-order valence-electron chi connectivity index (χ1n) is 14.5. The van der Waals surface area contributed by atoms with Crippen molar-refractivity contribution in [3.05, 3.63) is 160 Å². The lowest BCUT2D eigenvalue weighted by molar-refractivity contribution is -0.114. The Kier molecular flexibility index (Phi) is 11.7. The number of benzene rings is 5. The van der Waals surface area contributed by atoms with Gasteiger partial charge in [-0.1, -0.05) is 83.9 Å². The molecule has 0 aliphatic heterocycles. The van der Waals surface area contributed by atoms with Crippen molar-refractivity contribution in [1.29, 1.82) is 0 Å². The predicted octanol–water partition coefficient (Wildman–Crippen LogP) is 8.71. The highest BCUT2D eigenvalue weighted by molar-refractivity contribution is 8.00. The quantitative estimate of drug-likeness (QED) is 0.0904. The topological polar surface area (TPSA) is 96.5 Å². The van der Waals surface area contributed by atoms with E-state index in [2.05, 4.69) is 16.0 Å². The summed E-state index contributed by atoms with van der Waals surface area (Å²) in [5.74, 6) is -0.317. The molecule has 0 aliphatic rings. The molecule has 0 atom stereocenters. The fourth-order valence-electron chi connectivity index (χ4n) is 4.27. The highest BCUT2D eigenvalue weighted by Crippen LogP contribution is 2.26. The second kappa shape index (κ2) is 16.5. The van der Waals surface area contributed by atoms with E-state index in [0.717, 1.165) is 10.5 Å². The molecule has 0 spiro atoms. The van der Waals surface area contributed by atoms with Crippen molar-refractivity contribution in [2.24, 2.45) is 0 Å². The summed E-state index contributed by atoms with van der Waals surface area (Å²) in [4.78, 5) is 39.7. The van der Waals surface area contributed by atoms with E-state index in [1.807, 2.05) is 60.7 Å². The minimum Gasteiger partial charge on any atom is -0.489 e. The number of carbonyl (C=O) groups is 3. The number of thioether (sulfide) groups is 1. The minimum absolute atomic E-state index is 0.0628. The number of rotatable bonds is 12. The van der Waals surface area contributed by atoms with Gasteiger partial charge in [0, 0.05) is 21.2 Å². The van der Waals surface area contributed by atoms with E-state index in [1.54, 1.807) is 72.8 Å². The Hall–Kier alpha value is -5.02. The fourth-order valence-corrected chi connectivity index (χ4v) is 5.42. The summed E-state index contributed by atoms with van der Waals surface area (Å²) in [5, 5.41) is 9.19. The van der Waals surface area contributed by atoms with Crippen molar-refractivity contribution in [2.45, 2.75) is 11.5 Å². The highest BCUT2D eigenvalue weighted by atomic mass is 35.5. The van der Waals surface area contributed by atoms with Gasteiger partial charge in [-0.05, 0) is 83.9 Å². The molecule has 0 aliphatic carbocycles. The number of hydrogen-bond donors (Lipinski definition) is 3. The maximum atomic E-state index is 13.4. The van der Waals surface area contributed by atoms with Gasteiger partial charge < -0.3 is 20.7 Å². The molecule has 10 heteroatoms. The molecule has 0 radical (unpaired) electrons. The summed E-state index contributed by atoms with van der Waals surface area (Å²) in [7, 11) is 0. The van der Waals surface area contributed by atoms with E-state index >= 15 is 0 Å². The van der Waals surface area contributed by atoms with Crippen LogP contribution >= 0.6 is 35.0 Å². The van der Waals surface area contributed by atoms with Crippen LogP contribution in [0.5, 0.6) is 5.75 Å². The monoisotopic (exact) mass is 681 g/mol. The van der Waals surface area contributed by atoms with E-state index in [1.165, 1.54) is 11.8 Å². The average Bonchev–Trinajstić information content (AvgIpc) is 3.09. The van der Waals surface area contributed by atoms with Crippen molar-refractivity contribution in [2.75, 3.05) is 16.4 Å². The first kappa shape index (κ1) is 33.3. The van der Waals surface area contributed by atoms with Crippen molar-refractivity contribution < 1.29 is 19.1 Å². The number of hydrogen-bond acceptors (Lipinski definition) is 5. The molecule has 0 fully saturated rings. The van der Waals surface area contributed by atoms with E-state index in [0.29, 0.717) is 44.9 Å². The van der Waals surface area contributed by atoms with Gasteiger partial charge in [0.05, 0.1) is 16.5 Å². The van der Waals surface area contributed by atoms with Gasteiger partial charge >= 0.3 is 0 Å². The van der Waals surface area contributed by atoms with Crippen LogP contribution in [0.25, 0.3) is 6.08 Å². The molecule has 7 nitrogen and oxygen atoms in total. The normalized spacial score (nSPS) is 11.0. The second-order valence-corrected chi connectivity index (χ2v) is 12.1. The van der Waals surface area contributed by atoms with Crippen LogP contribution in [0.2, 0.25) is 10.0 Å². The summed E-state index contributed by atoms with van der Waals surface area (Å²) in [5.41, 5.74) is 3.22. The van der Waals surface area contributed by atoms with Crippen LogP contribution in [0.4, 0.5) is 11.4 Å². The number of carbonyl (C=O) groups excluding carboxylic acids is 3. The molecule has 236 valence electrons. The Morgan fingerprint density at radius 3 is 2.11 bits per heavy atom. The number of ether oxygens (including phenoxy) is 1. The molecule has 0 aromatic heterocycles. The molecule has 0 saturated carbocycles. The Morgan fingerprint density at radius 2 is 1.43 bits per heavy atom. The molecule has 5 rings (SSSR count). The Labute approximate surface area is 287 Å². The molecular weight excluding hydrogens is 653 g/mol. The summed E-state index contributed by atoms with van der Waals surface area (Å²) in [6.45, 7) is 0.430. The van der Waals surface area contributed by atoms with Crippen LogP contribution in [-0.4, -0.2) is 23.5 Å². The molecule has 47 heavy (non-hydrogen) atoms. The summed E-state index contributed by atoms with van der Waals surface area (Å²) in [6.07, 6.45) is 1.60. The SMILES string of the molecule is O=C(CSc1ccc(NC(=O)/C(=C/c2ccc(OCc3ccccc3)cc2)NC(=O)c2ccccc2)cc1)Nc1ccc(Cl)cc1Cl. The molecule has 0 saturated heterocycles. The lowest BCUT2D eigenvalue weighted by Crippen LogP contribution is -2.30. The van der Waals surface area contributed by atoms with Gasteiger partial charge in [0.1, 0.15) is 18.1 Å². The van der Waals surface area contributed by atoms with Crippen LogP contribution in [0.3, 0.4) is 0 Å². The second-order valence-electron chi connectivity index (χ2n) is 10.2. The van der Waals surface area contributed by atoms with Gasteiger partial charge in [0.25, 0.3) is 11.8 Å². The molecular formula is C37H29Cl2N3O4S. The maximum absolute atomic E-state index is 13.4. The zero-order chi connectivity index (χ0) is 33.0. The van der Waals surface area contributed by atoms with Crippen LogP contribution in [0.1, 0.15) is 21.5 Å². The Balaban J connectivity index is 1.23. The van der Waals surface area contributed by atoms with Crippen LogP contribution in [0.15, 0.2) is 138 Å². The molecule has 5 aromatic rings. The van der Waals surface area contributed by atoms with E-state index in [9.17, 15) is 14.4 Å². The largest absolute Gasteiger partial charge is 0.489 e. The van der Waals surface area contributed by atoms with Crippen molar-refractivity contribution >= 4 is 70.1 Å². The number of nitrogens with one attached hydrogen (secondary N) is 3. The maximum Gasteiger partial charge on any atom is 0.272 e. The first-order chi connectivity index (χ1) is 22.8. The van der Waals surface area contributed by atoms with Gasteiger partial charge in [0.15, 0.2) is 0 Å². The smallest absolute Gasteiger partial charge is 0.272 e. The third-order valence-corrected chi connectivity index (χ3v) is 8.22. The average molecular weight is 683 g/mol. The predicted molar refractivity (Wildman–Crippen MR) is 190 cm³/mol. The van der Waals surface area contributed by atoms with Crippen molar-refractivity contribution in [3.63, 3.8) is 0 Å². The minimum atomic E-state index is -0.502. The first-order valence-corrected chi connectivity index (χ1v) is 16.2. The molecule has 0 unspecified atom stereocenters. The lowest BCUT2D eigenvalue weighted by atomic mass is 10.1. The highest BCUT2D eigenvalue weighted by Gasteiger charge is 2.15. The van der Waals surface area contributed by atoms with Gasteiger partial charge in [-0.25, -0.2) is 0 Å². The molecule has 3 N–H and O–H groups in total. The molecule has 0 bridgehead atoms. The van der Waals surface area contributed by atoms with Crippen LogP contribution in [-0.2, 0) is 16.2 Å². The molecule has 0 heterocycles. The van der Waals surface area contributed by atoms with Crippen molar-refractivity contribution in [3.8, 4) is 5.75 Å². The van der Waals surface area contributed by atoms with E-state index < -0.39 is 11.8 Å². The lowest BCUT2D eigenvalue weighted by Gasteiger charge is -2.12. The Bertz CT molecular complexity index is 1870. The summed E-state index contributed by atoms with van der Waals surface area (Å²) < 4.78 is 5.87. The molecule has 3 amide bonds. The zero-order valence-electron chi connectivity index (χ0n) is 24.9. The number of anilines is 2. The zero-order valence-corrected chi connectivity index (χ0v) is 27.2. The number of halogens is 2. The van der Waals surface area contributed by atoms with Crippen LogP contribution in [0, 0.1) is 0 Å². The Morgan fingerprint density at radius 1 is 0.745 bits per heavy atom. The van der Waals surface area contributed by atoms with E-state index in [-0.39, 0.29) is 17.4 Å². The van der Waals surface area contributed by atoms with Gasteiger partial charge in [-0.15, -0.1) is 11.8 Å². The fraction of sp³-hybridized carbons (Fsp3) is 0.0541. The summed E-state index contributed by atoms with van der Waals surface area (Å²) in [6, 6.07) is 37.6. The standard InChI is InChI=1S/C37H29Cl2N3O4S/c38-28-13-20-33(32(39)22-28)41-35(43)24-47-31-18-14-29(15-19-31)40-37(45)34(42-36(44)27-9-5-2-6-10-27)21-25-11-16-30(17-12-25)46-23-26-7-3-1-4-8-26/h1-22H,23-24H2,(H,40,45)(H,41,43)(H,42,44)/b34-21-. The third-order valence-electron chi connectivity index (χ3n) is 6.66. The number of amides is 3. The third kappa shape index (κ3) is 10.2. The van der Waals surface area contributed by atoms with Gasteiger partial charge in [-0.2, -0.15) is 0 Å². The molecule has 5 aromatic carbocycles.